The number of Topliss-reactive ketones (excluding diaryl/α,β-unsaturated/α-hetero) is 1. The molecule has 6 heteroatoms. The van der Waals surface area contributed by atoms with E-state index in [1.165, 1.54) is 30.7 Å². The Kier molecular flexibility index (Phi) is 5.88. The van der Waals surface area contributed by atoms with Crippen molar-refractivity contribution in [2.24, 2.45) is 0 Å². The highest BCUT2D eigenvalue weighted by Crippen LogP contribution is 2.36. The standard InChI is InChI=1S/C25H26FN3O2/c1-25(31,18-9-11-19(26)12-10-18)15-21(30)6-3-7-24-28-22-13-8-17(16-27)14-23(22)29(24)20-4-2-5-20/h8-14,20,31H,2-7,15H2,1H3. The first-order chi connectivity index (χ1) is 14.9. The van der Waals surface area contributed by atoms with Crippen LogP contribution in [0.2, 0.25) is 0 Å². The minimum Gasteiger partial charge on any atom is -0.385 e. The zero-order valence-electron chi connectivity index (χ0n) is 17.6. The van der Waals surface area contributed by atoms with E-state index in [-0.39, 0.29) is 18.0 Å². The highest BCUT2D eigenvalue weighted by Gasteiger charge is 2.27. The minimum atomic E-state index is -1.32. The van der Waals surface area contributed by atoms with Gasteiger partial charge in [-0.2, -0.15) is 5.26 Å². The summed E-state index contributed by atoms with van der Waals surface area (Å²) >= 11 is 0. The molecular weight excluding hydrogens is 393 g/mol. The van der Waals surface area contributed by atoms with Crippen molar-refractivity contribution in [3.63, 3.8) is 0 Å². The molecule has 1 aliphatic rings. The lowest BCUT2D eigenvalue weighted by molar-refractivity contribution is -0.123. The number of ketones is 1. The van der Waals surface area contributed by atoms with Gasteiger partial charge in [-0.1, -0.05) is 12.1 Å². The number of hydrogen-bond donors (Lipinski definition) is 1. The van der Waals surface area contributed by atoms with Gasteiger partial charge >= 0.3 is 0 Å². The zero-order valence-corrected chi connectivity index (χ0v) is 17.6. The molecule has 1 unspecified atom stereocenters. The second kappa shape index (κ2) is 8.60. The third kappa shape index (κ3) is 4.52. The number of carbonyl (C=O) groups is 1. The predicted molar refractivity (Wildman–Crippen MR) is 116 cm³/mol. The molecule has 0 amide bonds. The lowest BCUT2D eigenvalue weighted by atomic mass is 9.89. The Bertz CT molecular complexity index is 1140. The Hall–Kier alpha value is -3.04. The number of halogens is 1. The maximum Gasteiger partial charge on any atom is 0.136 e. The molecule has 0 aliphatic heterocycles. The van der Waals surface area contributed by atoms with E-state index in [2.05, 4.69) is 10.6 Å². The van der Waals surface area contributed by atoms with Crippen molar-refractivity contribution in [1.82, 2.24) is 9.55 Å². The van der Waals surface area contributed by atoms with Gasteiger partial charge in [0.15, 0.2) is 0 Å². The molecule has 5 nitrogen and oxygen atoms in total. The van der Waals surface area contributed by atoms with Gasteiger partial charge in [-0.05, 0) is 68.5 Å². The van der Waals surface area contributed by atoms with Gasteiger partial charge in [0.2, 0.25) is 0 Å². The fourth-order valence-corrected chi connectivity index (χ4v) is 4.27. The summed E-state index contributed by atoms with van der Waals surface area (Å²) in [5, 5.41) is 19.9. The number of fused-ring (bicyclic) bond motifs is 1. The normalized spacial score (nSPS) is 15.9. The van der Waals surface area contributed by atoms with Crippen molar-refractivity contribution >= 4 is 16.8 Å². The number of aliphatic hydroxyl groups is 1. The highest BCUT2D eigenvalue weighted by molar-refractivity contribution is 5.80. The van der Waals surface area contributed by atoms with E-state index in [1.54, 1.807) is 13.0 Å². The van der Waals surface area contributed by atoms with Crippen molar-refractivity contribution < 1.29 is 14.3 Å². The molecule has 1 aliphatic carbocycles. The third-order valence-corrected chi connectivity index (χ3v) is 6.19. The fraction of sp³-hybridized carbons (Fsp3) is 0.400. The van der Waals surface area contributed by atoms with Gasteiger partial charge in [-0.3, -0.25) is 4.79 Å². The minimum absolute atomic E-state index is 0.0107. The Morgan fingerprint density at radius 3 is 2.68 bits per heavy atom. The second-order valence-electron chi connectivity index (χ2n) is 8.65. The smallest absolute Gasteiger partial charge is 0.136 e. The molecule has 1 saturated carbocycles. The van der Waals surface area contributed by atoms with E-state index in [1.807, 2.05) is 12.1 Å². The first kappa shape index (κ1) is 21.2. The van der Waals surface area contributed by atoms with Crippen LogP contribution in [0, 0.1) is 17.1 Å². The van der Waals surface area contributed by atoms with Crippen LogP contribution in [0.3, 0.4) is 0 Å². The van der Waals surface area contributed by atoms with Gasteiger partial charge in [-0.15, -0.1) is 0 Å². The topological polar surface area (TPSA) is 78.9 Å². The summed E-state index contributed by atoms with van der Waals surface area (Å²) < 4.78 is 15.4. The van der Waals surface area contributed by atoms with Crippen molar-refractivity contribution in [3.05, 3.63) is 65.2 Å². The molecule has 0 radical (unpaired) electrons. The van der Waals surface area contributed by atoms with Gasteiger partial charge in [0.05, 0.1) is 28.3 Å². The van der Waals surface area contributed by atoms with Crippen LogP contribution < -0.4 is 0 Å². The summed E-state index contributed by atoms with van der Waals surface area (Å²) in [6.07, 6.45) is 5.04. The summed E-state index contributed by atoms with van der Waals surface area (Å²) in [6, 6.07) is 13.8. The number of benzene rings is 2. The number of nitrogens with zero attached hydrogens (tertiary/aromatic N) is 3. The SMILES string of the molecule is CC(O)(CC(=O)CCCc1nc2ccc(C#N)cc2n1C1CCC1)c1ccc(F)cc1. The molecule has 0 saturated heterocycles. The molecule has 3 aromatic rings. The number of imidazole rings is 1. The van der Waals surface area contributed by atoms with Crippen LogP contribution in [-0.2, 0) is 16.8 Å². The second-order valence-corrected chi connectivity index (χ2v) is 8.65. The molecule has 4 rings (SSSR count). The summed E-state index contributed by atoms with van der Waals surface area (Å²) in [5.41, 5.74) is 1.70. The summed E-state index contributed by atoms with van der Waals surface area (Å²) in [6.45, 7) is 1.58. The summed E-state index contributed by atoms with van der Waals surface area (Å²) in [7, 11) is 0. The summed E-state index contributed by atoms with van der Waals surface area (Å²) in [4.78, 5) is 17.3. The van der Waals surface area contributed by atoms with E-state index >= 15 is 0 Å². The lowest BCUT2D eigenvalue weighted by Gasteiger charge is -2.29. The molecular formula is C25H26FN3O2. The van der Waals surface area contributed by atoms with Crippen molar-refractivity contribution in [2.45, 2.75) is 63.5 Å². The number of rotatable bonds is 8. The van der Waals surface area contributed by atoms with Gasteiger partial charge < -0.3 is 9.67 Å². The number of hydrogen-bond acceptors (Lipinski definition) is 4. The molecule has 0 bridgehead atoms. The van der Waals surface area contributed by atoms with E-state index < -0.39 is 5.60 Å². The maximum absolute atomic E-state index is 13.1. The number of aromatic nitrogens is 2. The van der Waals surface area contributed by atoms with Gasteiger partial charge in [0.1, 0.15) is 17.4 Å². The molecule has 2 aromatic carbocycles. The average Bonchev–Trinajstić information content (AvgIpc) is 3.04. The molecule has 160 valence electrons. The monoisotopic (exact) mass is 419 g/mol. The Morgan fingerprint density at radius 2 is 2.03 bits per heavy atom. The summed E-state index contributed by atoms with van der Waals surface area (Å²) in [5.74, 6) is 0.544. The highest BCUT2D eigenvalue weighted by atomic mass is 19.1. The lowest BCUT2D eigenvalue weighted by Crippen LogP contribution is -2.25. The Balaban J connectivity index is 1.43. The largest absolute Gasteiger partial charge is 0.385 e. The molecule has 1 atom stereocenters. The van der Waals surface area contributed by atoms with Gasteiger partial charge in [0.25, 0.3) is 0 Å². The zero-order chi connectivity index (χ0) is 22.0. The van der Waals surface area contributed by atoms with Crippen LogP contribution >= 0.6 is 0 Å². The van der Waals surface area contributed by atoms with Crippen LogP contribution in [0.1, 0.15) is 68.4 Å². The van der Waals surface area contributed by atoms with Crippen molar-refractivity contribution in [2.75, 3.05) is 0 Å². The van der Waals surface area contributed by atoms with E-state index in [4.69, 9.17) is 4.98 Å². The van der Waals surface area contributed by atoms with Crippen LogP contribution in [0.25, 0.3) is 11.0 Å². The maximum atomic E-state index is 13.1. The number of aryl methyl sites for hydroxylation is 1. The number of carbonyl (C=O) groups excluding carboxylic acids is 1. The van der Waals surface area contributed by atoms with Crippen molar-refractivity contribution in [3.8, 4) is 6.07 Å². The van der Waals surface area contributed by atoms with Crippen LogP contribution in [-0.4, -0.2) is 20.4 Å². The Morgan fingerprint density at radius 1 is 1.29 bits per heavy atom. The molecule has 1 aromatic heterocycles. The fourth-order valence-electron chi connectivity index (χ4n) is 4.27. The van der Waals surface area contributed by atoms with Crippen LogP contribution in [0.5, 0.6) is 0 Å². The number of nitriles is 1. The average molecular weight is 420 g/mol. The van der Waals surface area contributed by atoms with Crippen molar-refractivity contribution in [1.29, 1.82) is 5.26 Å². The molecule has 31 heavy (non-hydrogen) atoms. The first-order valence-corrected chi connectivity index (χ1v) is 10.8. The third-order valence-electron chi connectivity index (χ3n) is 6.19. The predicted octanol–water partition coefficient (Wildman–Crippen LogP) is 4.96. The first-order valence-electron chi connectivity index (χ1n) is 10.8. The van der Waals surface area contributed by atoms with E-state index in [9.17, 15) is 19.6 Å². The quantitative estimate of drug-likeness (QED) is 0.560. The Labute approximate surface area is 181 Å². The van der Waals surface area contributed by atoms with Gasteiger partial charge in [0, 0.05) is 25.3 Å². The van der Waals surface area contributed by atoms with Crippen LogP contribution in [0.4, 0.5) is 4.39 Å². The van der Waals surface area contributed by atoms with E-state index in [0.29, 0.717) is 36.4 Å². The molecule has 1 heterocycles. The van der Waals surface area contributed by atoms with Gasteiger partial charge in [-0.25, -0.2) is 9.37 Å². The molecule has 0 spiro atoms. The van der Waals surface area contributed by atoms with E-state index in [0.717, 1.165) is 29.7 Å². The molecule has 1 N–H and O–H groups in total. The molecule has 1 fully saturated rings. The van der Waals surface area contributed by atoms with Crippen LogP contribution in [0.15, 0.2) is 42.5 Å².